The molecule has 94 valence electrons. The van der Waals surface area contributed by atoms with Gasteiger partial charge in [-0.05, 0) is 25.1 Å². The fourth-order valence-corrected chi connectivity index (χ4v) is 2.30. The van der Waals surface area contributed by atoms with E-state index >= 15 is 0 Å². The molecule has 0 aliphatic carbocycles. The Morgan fingerprint density at radius 3 is 2.78 bits per heavy atom. The lowest BCUT2D eigenvalue weighted by atomic mass is 10.3. The number of nitrogens with zero attached hydrogens (tertiary/aromatic N) is 4. The summed E-state index contributed by atoms with van der Waals surface area (Å²) in [6.07, 6.45) is 1.57. The van der Waals surface area contributed by atoms with Crippen LogP contribution in [0.5, 0.6) is 0 Å². The average molecular weight is 263 g/mol. The Hall–Kier alpha value is -2.02. The van der Waals surface area contributed by atoms with E-state index in [1.165, 1.54) is 11.8 Å². The molecular formula is C11H13N5OS. The van der Waals surface area contributed by atoms with Gasteiger partial charge in [-0.25, -0.2) is 4.98 Å². The number of aryl methyl sites for hydroxylation is 2. The molecule has 0 aliphatic rings. The molecule has 6 nitrogen and oxygen atoms in total. The summed E-state index contributed by atoms with van der Waals surface area (Å²) in [5.74, 6) is 0.0513. The van der Waals surface area contributed by atoms with Crippen LogP contribution in [0.25, 0.3) is 0 Å². The average Bonchev–Trinajstić information content (AvgIpc) is 2.68. The largest absolute Gasteiger partial charge is 0.409 e. The smallest absolute Gasteiger partial charge is 0.171 e. The van der Waals surface area contributed by atoms with E-state index in [9.17, 15) is 0 Å². The van der Waals surface area contributed by atoms with Crippen LogP contribution in [-0.2, 0) is 7.05 Å². The van der Waals surface area contributed by atoms with Gasteiger partial charge in [-0.2, -0.15) is 5.10 Å². The maximum absolute atomic E-state index is 8.55. The van der Waals surface area contributed by atoms with E-state index in [0.717, 1.165) is 15.7 Å². The van der Waals surface area contributed by atoms with E-state index in [0.29, 0.717) is 5.56 Å². The van der Waals surface area contributed by atoms with Gasteiger partial charge in [0.25, 0.3) is 0 Å². The van der Waals surface area contributed by atoms with Crippen molar-refractivity contribution in [1.82, 2.24) is 14.8 Å². The minimum absolute atomic E-state index is 0.0513. The maximum Gasteiger partial charge on any atom is 0.171 e. The number of hydrogen-bond acceptors (Lipinski definition) is 5. The number of oxime groups is 1. The van der Waals surface area contributed by atoms with Gasteiger partial charge in [0.2, 0.25) is 0 Å². The van der Waals surface area contributed by atoms with Crippen LogP contribution in [0.3, 0.4) is 0 Å². The summed E-state index contributed by atoms with van der Waals surface area (Å²) in [6, 6.07) is 5.57. The van der Waals surface area contributed by atoms with Crippen LogP contribution in [0, 0.1) is 6.92 Å². The Balaban J connectivity index is 2.18. The van der Waals surface area contributed by atoms with Crippen molar-refractivity contribution in [2.24, 2.45) is 17.9 Å². The van der Waals surface area contributed by atoms with Gasteiger partial charge in [-0.1, -0.05) is 16.9 Å². The van der Waals surface area contributed by atoms with Gasteiger partial charge < -0.3 is 10.9 Å². The second kappa shape index (κ2) is 5.09. The normalized spacial score (nSPS) is 11.8. The van der Waals surface area contributed by atoms with E-state index in [1.807, 2.05) is 26.1 Å². The molecule has 7 heteroatoms. The molecule has 0 aromatic carbocycles. The molecular weight excluding hydrogens is 250 g/mol. The minimum atomic E-state index is 0.0513. The van der Waals surface area contributed by atoms with Crippen LogP contribution in [0.2, 0.25) is 0 Å². The van der Waals surface area contributed by atoms with Crippen molar-refractivity contribution >= 4 is 17.6 Å². The molecule has 2 aromatic heterocycles. The van der Waals surface area contributed by atoms with Gasteiger partial charge in [0.05, 0.1) is 5.69 Å². The van der Waals surface area contributed by atoms with Crippen molar-refractivity contribution in [1.29, 1.82) is 0 Å². The van der Waals surface area contributed by atoms with Crippen molar-refractivity contribution in [3.63, 3.8) is 0 Å². The van der Waals surface area contributed by atoms with Gasteiger partial charge in [0.15, 0.2) is 5.84 Å². The first-order valence-corrected chi connectivity index (χ1v) is 6.04. The Morgan fingerprint density at radius 1 is 1.50 bits per heavy atom. The quantitative estimate of drug-likeness (QED) is 0.378. The standard InChI is InChI=1S/C11H13N5OS/c1-7-5-10(16(2)14-7)18-9-4-3-8(6-13-9)11(12)15-17/h3-6,17H,1-2H3,(H2,12,15). The van der Waals surface area contributed by atoms with Crippen LogP contribution < -0.4 is 5.73 Å². The molecule has 0 amide bonds. The zero-order chi connectivity index (χ0) is 13.1. The summed E-state index contributed by atoms with van der Waals surface area (Å²) in [5.41, 5.74) is 7.02. The van der Waals surface area contributed by atoms with Crippen molar-refractivity contribution < 1.29 is 5.21 Å². The van der Waals surface area contributed by atoms with Gasteiger partial charge in [-0.15, -0.1) is 0 Å². The van der Waals surface area contributed by atoms with E-state index < -0.39 is 0 Å². The lowest BCUT2D eigenvalue weighted by molar-refractivity contribution is 0.318. The van der Waals surface area contributed by atoms with Crippen LogP contribution in [-0.4, -0.2) is 25.8 Å². The monoisotopic (exact) mass is 263 g/mol. The summed E-state index contributed by atoms with van der Waals surface area (Å²) in [6.45, 7) is 1.94. The Kier molecular flexibility index (Phi) is 3.52. The van der Waals surface area contributed by atoms with Gasteiger partial charge >= 0.3 is 0 Å². The molecule has 2 aromatic rings. The zero-order valence-electron chi connectivity index (χ0n) is 10.0. The van der Waals surface area contributed by atoms with Crippen molar-refractivity contribution in [2.75, 3.05) is 0 Å². The van der Waals surface area contributed by atoms with E-state index in [-0.39, 0.29) is 5.84 Å². The molecule has 2 rings (SSSR count). The van der Waals surface area contributed by atoms with Gasteiger partial charge in [0, 0.05) is 18.8 Å². The van der Waals surface area contributed by atoms with Crippen LogP contribution >= 0.6 is 11.8 Å². The Labute approximate surface area is 109 Å². The second-order valence-electron chi connectivity index (χ2n) is 3.72. The maximum atomic E-state index is 8.55. The van der Waals surface area contributed by atoms with Gasteiger partial charge in [-0.3, -0.25) is 4.68 Å². The SMILES string of the molecule is Cc1cc(Sc2ccc(/C(N)=N/O)cn2)n(C)n1. The summed E-state index contributed by atoms with van der Waals surface area (Å²) < 4.78 is 1.80. The topological polar surface area (TPSA) is 89.3 Å². The fourth-order valence-electron chi connectivity index (χ4n) is 1.44. The third-order valence-electron chi connectivity index (χ3n) is 2.31. The third-order valence-corrected chi connectivity index (χ3v) is 3.35. The molecule has 0 atom stereocenters. The van der Waals surface area contributed by atoms with E-state index in [4.69, 9.17) is 10.9 Å². The summed E-state index contributed by atoms with van der Waals surface area (Å²) in [7, 11) is 1.89. The first-order valence-electron chi connectivity index (χ1n) is 5.22. The molecule has 18 heavy (non-hydrogen) atoms. The number of pyridine rings is 1. The first kappa shape index (κ1) is 12.4. The molecule has 0 fully saturated rings. The first-order chi connectivity index (χ1) is 8.60. The molecule has 0 spiro atoms. The number of nitrogens with two attached hydrogens (primary N) is 1. The summed E-state index contributed by atoms with van der Waals surface area (Å²) in [4.78, 5) is 4.24. The Morgan fingerprint density at radius 2 is 2.28 bits per heavy atom. The van der Waals surface area contributed by atoms with Gasteiger partial charge in [0.1, 0.15) is 10.1 Å². The highest BCUT2D eigenvalue weighted by Crippen LogP contribution is 2.25. The fraction of sp³-hybridized carbons (Fsp3) is 0.182. The molecule has 0 unspecified atom stereocenters. The molecule has 0 bridgehead atoms. The molecule has 0 saturated heterocycles. The number of rotatable bonds is 3. The van der Waals surface area contributed by atoms with E-state index in [2.05, 4.69) is 15.2 Å². The Bertz CT molecular complexity index is 576. The highest BCUT2D eigenvalue weighted by molar-refractivity contribution is 7.99. The zero-order valence-corrected chi connectivity index (χ0v) is 10.8. The van der Waals surface area contributed by atoms with Crippen LogP contribution in [0.1, 0.15) is 11.3 Å². The second-order valence-corrected chi connectivity index (χ2v) is 4.76. The molecule has 0 saturated carbocycles. The van der Waals surface area contributed by atoms with Crippen LogP contribution in [0.4, 0.5) is 0 Å². The van der Waals surface area contributed by atoms with Crippen molar-refractivity contribution in [3.8, 4) is 0 Å². The van der Waals surface area contributed by atoms with Crippen LogP contribution in [0.15, 0.2) is 39.6 Å². The number of amidine groups is 1. The van der Waals surface area contributed by atoms with Crippen molar-refractivity contribution in [2.45, 2.75) is 17.0 Å². The summed E-state index contributed by atoms with van der Waals surface area (Å²) >= 11 is 1.51. The van der Waals surface area contributed by atoms with E-state index in [1.54, 1.807) is 16.9 Å². The predicted molar refractivity (Wildman–Crippen MR) is 68.8 cm³/mol. The summed E-state index contributed by atoms with van der Waals surface area (Å²) in [5, 5.41) is 17.6. The molecule has 3 N–H and O–H groups in total. The molecule has 2 heterocycles. The predicted octanol–water partition coefficient (Wildman–Crippen LogP) is 1.37. The molecule has 0 aliphatic heterocycles. The highest BCUT2D eigenvalue weighted by Gasteiger charge is 2.06. The third kappa shape index (κ3) is 2.62. The lowest BCUT2D eigenvalue weighted by Gasteiger charge is -2.02. The minimum Gasteiger partial charge on any atom is -0.409 e. The van der Waals surface area contributed by atoms with Crippen molar-refractivity contribution in [3.05, 3.63) is 35.7 Å². The number of aromatic nitrogens is 3. The number of hydrogen-bond donors (Lipinski definition) is 2. The highest BCUT2D eigenvalue weighted by atomic mass is 32.2. The lowest BCUT2D eigenvalue weighted by Crippen LogP contribution is -2.13. The molecule has 0 radical (unpaired) electrons.